The lowest BCUT2D eigenvalue weighted by molar-refractivity contribution is -0.127. The van der Waals surface area contributed by atoms with Gasteiger partial charge < -0.3 is 15.5 Å². The van der Waals surface area contributed by atoms with Crippen molar-refractivity contribution in [3.05, 3.63) is 52.8 Å². The molecule has 1 aliphatic heterocycles. The molecule has 156 valence electrons. The van der Waals surface area contributed by atoms with Gasteiger partial charge in [-0.25, -0.2) is 4.98 Å². The van der Waals surface area contributed by atoms with Crippen LogP contribution in [0.25, 0.3) is 5.65 Å². The quantitative estimate of drug-likeness (QED) is 0.630. The Morgan fingerprint density at radius 3 is 2.70 bits per heavy atom. The normalized spacial score (nSPS) is 16.3. The molecule has 1 atom stereocenters. The molecule has 1 saturated heterocycles. The van der Waals surface area contributed by atoms with E-state index in [1.54, 1.807) is 28.8 Å². The molecule has 2 N–H and O–H groups in total. The zero-order chi connectivity index (χ0) is 21.3. The molecular weight excluding hydrogens is 404 g/mol. The highest BCUT2D eigenvalue weighted by Gasteiger charge is 2.31. The highest BCUT2D eigenvalue weighted by atomic mass is 35.5. The lowest BCUT2D eigenvalue weighted by atomic mass is 10.0. The molecule has 0 spiro atoms. The molecule has 3 heterocycles. The molecule has 0 bridgehead atoms. The van der Waals surface area contributed by atoms with Gasteiger partial charge in [-0.2, -0.15) is 9.61 Å². The third-order valence-electron chi connectivity index (χ3n) is 5.21. The Morgan fingerprint density at radius 2 is 2.03 bits per heavy atom. The minimum Gasteiger partial charge on any atom is -0.370 e. The second-order valence-corrected chi connectivity index (χ2v) is 7.62. The first-order valence-corrected chi connectivity index (χ1v) is 10.3. The number of hydrogen-bond acceptors (Lipinski definition) is 5. The lowest BCUT2D eigenvalue weighted by Crippen LogP contribution is -2.24. The van der Waals surface area contributed by atoms with Crippen LogP contribution < -0.4 is 10.6 Å². The summed E-state index contributed by atoms with van der Waals surface area (Å²) in [7, 11) is 0. The van der Waals surface area contributed by atoms with E-state index in [2.05, 4.69) is 15.7 Å². The number of carbonyl (C=O) groups is 2. The second-order valence-electron chi connectivity index (χ2n) is 7.18. The first-order valence-electron chi connectivity index (χ1n) is 9.97. The molecule has 9 heteroatoms. The molecule has 0 radical (unpaired) electrons. The number of likely N-dealkylation sites (N-methyl/N-ethyl adjacent to an activating group) is 1. The van der Waals surface area contributed by atoms with Crippen LogP contribution in [0.4, 0.5) is 11.5 Å². The van der Waals surface area contributed by atoms with E-state index in [4.69, 9.17) is 16.6 Å². The number of rotatable bonds is 6. The van der Waals surface area contributed by atoms with E-state index in [9.17, 15) is 9.59 Å². The van der Waals surface area contributed by atoms with E-state index in [1.807, 2.05) is 24.8 Å². The smallest absolute Gasteiger partial charge is 0.261 e. The molecule has 0 aliphatic carbocycles. The molecule has 1 aliphatic rings. The van der Waals surface area contributed by atoms with Crippen LogP contribution in [0, 0.1) is 0 Å². The van der Waals surface area contributed by atoms with E-state index in [0.29, 0.717) is 48.0 Å². The fraction of sp³-hybridized carbons (Fsp3) is 0.333. The van der Waals surface area contributed by atoms with E-state index in [0.717, 1.165) is 11.5 Å². The number of benzene rings is 1. The maximum Gasteiger partial charge on any atom is 0.261 e. The number of nitrogens with one attached hydrogen (secondary N) is 2. The SMILES string of the molecule is CCNc1cc(C2CC(=O)N(CC)C2)nc2c(C(=O)Nc3ccc(Cl)cc3)cnn12. The number of aromatic nitrogens is 3. The Bertz CT molecular complexity index is 1090. The first kappa shape index (κ1) is 20.2. The predicted molar refractivity (Wildman–Crippen MR) is 116 cm³/mol. The third kappa shape index (κ3) is 3.82. The predicted octanol–water partition coefficient (Wildman–Crippen LogP) is 3.40. The van der Waals surface area contributed by atoms with Crippen molar-refractivity contribution < 1.29 is 9.59 Å². The highest BCUT2D eigenvalue weighted by molar-refractivity contribution is 6.30. The van der Waals surface area contributed by atoms with Gasteiger partial charge in [0.25, 0.3) is 5.91 Å². The van der Waals surface area contributed by atoms with Crippen LogP contribution >= 0.6 is 11.6 Å². The molecule has 4 rings (SSSR count). The fourth-order valence-electron chi connectivity index (χ4n) is 3.67. The van der Waals surface area contributed by atoms with Crippen molar-refractivity contribution in [1.82, 2.24) is 19.5 Å². The Labute approximate surface area is 179 Å². The largest absolute Gasteiger partial charge is 0.370 e. The molecule has 0 saturated carbocycles. The molecule has 3 aromatic rings. The van der Waals surface area contributed by atoms with Gasteiger partial charge in [0.2, 0.25) is 5.91 Å². The van der Waals surface area contributed by atoms with Gasteiger partial charge in [-0.15, -0.1) is 0 Å². The van der Waals surface area contributed by atoms with E-state index in [-0.39, 0.29) is 17.7 Å². The van der Waals surface area contributed by atoms with Crippen LogP contribution in [0.2, 0.25) is 5.02 Å². The Morgan fingerprint density at radius 1 is 1.27 bits per heavy atom. The van der Waals surface area contributed by atoms with Crippen molar-refractivity contribution in [1.29, 1.82) is 0 Å². The Hall–Kier alpha value is -3.13. The molecule has 1 unspecified atom stereocenters. The highest BCUT2D eigenvalue weighted by Crippen LogP contribution is 2.29. The van der Waals surface area contributed by atoms with Gasteiger partial charge in [0, 0.05) is 48.7 Å². The zero-order valence-electron chi connectivity index (χ0n) is 16.9. The van der Waals surface area contributed by atoms with E-state index >= 15 is 0 Å². The van der Waals surface area contributed by atoms with Crippen molar-refractivity contribution in [2.75, 3.05) is 30.3 Å². The summed E-state index contributed by atoms with van der Waals surface area (Å²) in [6.07, 6.45) is 1.93. The van der Waals surface area contributed by atoms with Crippen LogP contribution in [0.3, 0.4) is 0 Å². The summed E-state index contributed by atoms with van der Waals surface area (Å²) in [5.74, 6) is 0.549. The van der Waals surface area contributed by atoms with Gasteiger partial charge in [-0.3, -0.25) is 9.59 Å². The van der Waals surface area contributed by atoms with Gasteiger partial charge in [-0.1, -0.05) is 11.6 Å². The number of nitrogens with zero attached hydrogens (tertiary/aromatic N) is 4. The van der Waals surface area contributed by atoms with E-state index in [1.165, 1.54) is 6.20 Å². The molecule has 2 amide bonds. The maximum atomic E-state index is 12.9. The standard InChI is InChI=1S/C21H23ClN6O2/c1-3-23-18-10-17(13-9-19(29)27(4-2)12-13)26-20-16(11-24-28(18)20)21(30)25-15-7-5-14(22)6-8-15/h5-8,10-11,13,23H,3-4,9,12H2,1-2H3,(H,25,30). The van der Waals surface area contributed by atoms with Crippen LogP contribution in [0.1, 0.15) is 42.2 Å². The summed E-state index contributed by atoms with van der Waals surface area (Å²) in [6.45, 7) is 5.96. The van der Waals surface area contributed by atoms with Gasteiger partial charge >= 0.3 is 0 Å². The average Bonchev–Trinajstić information content (AvgIpc) is 3.33. The molecule has 1 aromatic carbocycles. The van der Waals surface area contributed by atoms with Crippen LogP contribution in [-0.2, 0) is 4.79 Å². The monoisotopic (exact) mass is 426 g/mol. The topological polar surface area (TPSA) is 91.6 Å². The molecule has 30 heavy (non-hydrogen) atoms. The van der Waals surface area contributed by atoms with Gasteiger partial charge in [-0.05, 0) is 38.1 Å². The summed E-state index contributed by atoms with van der Waals surface area (Å²) in [5.41, 5.74) is 2.23. The first-order chi connectivity index (χ1) is 14.5. The van der Waals surface area contributed by atoms with Crippen molar-refractivity contribution >= 4 is 40.6 Å². The minimum atomic E-state index is -0.308. The Kier molecular flexibility index (Phi) is 5.59. The molecule has 2 aromatic heterocycles. The number of halogens is 1. The minimum absolute atomic E-state index is 0.0121. The van der Waals surface area contributed by atoms with Gasteiger partial charge in [0.05, 0.1) is 11.9 Å². The summed E-state index contributed by atoms with van der Waals surface area (Å²) >= 11 is 5.91. The van der Waals surface area contributed by atoms with Crippen molar-refractivity contribution in [2.24, 2.45) is 0 Å². The summed E-state index contributed by atoms with van der Waals surface area (Å²) in [5, 5.41) is 11.1. The average molecular weight is 427 g/mol. The van der Waals surface area contributed by atoms with Gasteiger partial charge in [0.1, 0.15) is 11.4 Å². The van der Waals surface area contributed by atoms with Crippen LogP contribution in [0.15, 0.2) is 36.5 Å². The molecule has 8 nitrogen and oxygen atoms in total. The number of hydrogen-bond donors (Lipinski definition) is 2. The number of anilines is 2. The van der Waals surface area contributed by atoms with Crippen molar-refractivity contribution in [3.8, 4) is 0 Å². The molecule has 1 fully saturated rings. The van der Waals surface area contributed by atoms with Crippen LogP contribution in [0.5, 0.6) is 0 Å². The summed E-state index contributed by atoms with van der Waals surface area (Å²) < 4.78 is 1.62. The van der Waals surface area contributed by atoms with Crippen LogP contribution in [-0.4, -0.2) is 50.9 Å². The van der Waals surface area contributed by atoms with Gasteiger partial charge in [0.15, 0.2) is 5.65 Å². The Balaban J connectivity index is 1.70. The number of likely N-dealkylation sites (tertiary alicyclic amines) is 1. The number of fused-ring (bicyclic) bond motifs is 1. The fourth-order valence-corrected chi connectivity index (χ4v) is 3.79. The molecular formula is C21H23ClN6O2. The number of amides is 2. The third-order valence-corrected chi connectivity index (χ3v) is 5.46. The number of carbonyl (C=O) groups excluding carboxylic acids is 2. The van der Waals surface area contributed by atoms with Crippen molar-refractivity contribution in [3.63, 3.8) is 0 Å². The lowest BCUT2D eigenvalue weighted by Gasteiger charge is -2.15. The summed E-state index contributed by atoms with van der Waals surface area (Å²) in [4.78, 5) is 31.7. The van der Waals surface area contributed by atoms with Crippen molar-refractivity contribution in [2.45, 2.75) is 26.2 Å². The second kappa shape index (κ2) is 8.31. The summed E-state index contributed by atoms with van der Waals surface area (Å²) in [6, 6.07) is 8.81. The van der Waals surface area contributed by atoms with E-state index < -0.39 is 0 Å². The zero-order valence-corrected chi connectivity index (χ0v) is 17.6. The maximum absolute atomic E-state index is 12.9.